The quantitative estimate of drug-likeness (QED) is 0.0315. The molecule has 0 aromatic heterocycles. The van der Waals surface area contributed by atoms with Crippen molar-refractivity contribution in [3.8, 4) is 0 Å². The summed E-state index contributed by atoms with van der Waals surface area (Å²) < 4.78 is 0. The maximum absolute atomic E-state index is 5.90. The van der Waals surface area contributed by atoms with Crippen LogP contribution in [-0.4, -0.2) is 12.7 Å². The Morgan fingerprint density at radius 1 is 0.286 bits per heavy atom. The summed E-state index contributed by atoms with van der Waals surface area (Å²) in [6, 6.07) is 1.10. The van der Waals surface area contributed by atoms with E-state index in [0.717, 1.165) is 6.04 Å². The number of halogens is 3. The van der Waals surface area contributed by atoms with Crippen molar-refractivity contribution in [3.63, 3.8) is 0 Å². The van der Waals surface area contributed by atoms with Crippen LogP contribution in [0.25, 0.3) is 0 Å². The minimum atomic E-state index is -1.33. The first-order chi connectivity index (χ1) is 17.3. The molecular formula is C31H63BrCl2Si. The lowest BCUT2D eigenvalue weighted by atomic mass is 10.0. The van der Waals surface area contributed by atoms with E-state index in [-0.39, 0.29) is 0 Å². The first-order valence-corrected chi connectivity index (χ1v) is 21.5. The van der Waals surface area contributed by atoms with E-state index in [1.807, 2.05) is 0 Å². The zero-order chi connectivity index (χ0) is 25.5. The molecular weight excluding hydrogens is 551 g/mol. The summed E-state index contributed by atoms with van der Waals surface area (Å²) in [6.45, 7) is 0. The molecule has 0 saturated heterocycles. The zero-order valence-electron chi connectivity index (χ0n) is 23.6. The molecule has 0 heterocycles. The third-order valence-electron chi connectivity index (χ3n) is 7.56. The molecule has 0 amide bonds. The molecule has 0 spiro atoms. The molecule has 0 nitrogen and oxygen atoms in total. The second-order valence-corrected chi connectivity index (χ2v) is 17.1. The fourth-order valence-corrected chi connectivity index (χ4v) is 7.09. The number of hydrogen-bond donors (Lipinski definition) is 0. The van der Waals surface area contributed by atoms with Crippen molar-refractivity contribution in [2.45, 2.75) is 192 Å². The lowest BCUT2D eigenvalue weighted by Gasteiger charge is -2.04. The van der Waals surface area contributed by atoms with Crippen molar-refractivity contribution >= 4 is 45.5 Å². The van der Waals surface area contributed by atoms with Gasteiger partial charge in [0.25, 0.3) is 0 Å². The summed E-state index contributed by atoms with van der Waals surface area (Å²) >= 11 is 15.3. The summed E-state index contributed by atoms with van der Waals surface area (Å²) in [6.07, 6.45) is 42.0. The van der Waals surface area contributed by atoms with Crippen molar-refractivity contribution in [2.24, 2.45) is 0 Å². The molecule has 0 aliphatic heterocycles. The highest BCUT2D eigenvalue weighted by molar-refractivity contribution is 9.09. The van der Waals surface area contributed by atoms with Crippen molar-refractivity contribution < 1.29 is 0 Å². The van der Waals surface area contributed by atoms with Gasteiger partial charge in [0.1, 0.15) is 0 Å². The first kappa shape index (κ1) is 36.3. The van der Waals surface area contributed by atoms with Gasteiger partial charge in [-0.2, -0.15) is 22.2 Å². The predicted molar refractivity (Wildman–Crippen MR) is 171 cm³/mol. The van der Waals surface area contributed by atoms with E-state index >= 15 is 0 Å². The number of alkyl halides is 1. The molecule has 0 fully saturated rings. The van der Waals surface area contributed by atoms with Crippen molar-refractivity contribution in [1.82, 2.24) is 0 Å². The lowest BCUT2D eigenvalue weighted by molar-refractivity contribution is 0.514. The summed E-state index contributed by atoms with van der Waals surface area (Å²) in [5, 5.41) is 1.18. The van der Waals surface area contributed by atoms with E-state index in [4.69, 9.17) is 22.2 Å². The largest absolute Gasteiger partial charge is 0.237 e. The maximum Gasteiger partial charge on any atom is 0.237 e. The molecule has 0 aromatic carbocycles. The van der Waals surface area contributed by atoms with Crippen molar-refractivity contribution in [1.29, 1.82) is 0 Å². The Morgan fingerprint density at radius 2 is 0.457 bits per heavy atom. The minimum Gasteiger partial charge on any atom is -0.150 e. The molecule has 212 valence electrons. The van der Waals surface area contributed by atoms with Gasteiger partial charge in [0, 0.05) is 5.33 Å². The van der Waals surface area contributed by atoms with Gasteiger partial charge in [0.05, 0.1) is 0 Å². The average Bonchev–Trinajstić information content (AvgIpc) is 2.85. The topological polar surface area (TPSA) is 0 Å². The van der Waals surface area contributed by atoms with Gasteiger partial charge in [-0.05, 0) is 12.5 Å². The third kappa shape index (κ3) is 35.3. The molecule has 0 saturated carbocycles. The molecule has 0 unspecified atom stereocenters. The van der Waals surface area contributed by atoms with E-state index in [0.29, 0.717) is 0 Å². The Balaban J connectivity index is 3.01. The highest BCUT2D eigenvalue weighted by Gasteiger charge is 2.01. The maximum atomic E-state index is 5.90. The van der Waals surface area contributed by atoms with E-state index < -0.39 is 7.42 Å². The van der Waals surface area contributed by atoms with Crippen LogP contribution < -0.4 is 0 Å². The standard InChI is InChI=1S/C31H63BrCl2Si/c32-30-28-26-24-22-20-18-16-14-12-10-8-6-4-2-1-3-5-7-9-11-13-15-17-19-21-23-25-27-29-31-35(33)34/h35H,1-31H2. The van der Waals surface area contributed by atoms with E-state index in [2.05, 4.69) is 15.9 Å². The molecule has 0 bridgehead atoms. The molecule has 0 N–H and O–H groups in total. The van der Waals surface area contributed by atoms with Gasteiger partial charge in [-0.1, -0.05) is 196 Å². The molecule has 0 aliphatic rings. The summed E-state index contributed by atoms with van der Waals surface area (Å²) in [4.78, 5) is 0. The summed E-state index contributed by atoms with van der Waals surface area (Å²) in [7, 11) is -1.33. The first-order valence-electron chi connectivity index (χ1n) is 16.1. The van der Waals surface area contributed by atoms with Gasteiger partial charge in [-0.3, -0.25) is 0 Å². The van der Waals surface area contributed by atoms with E-state index in [1.54, 1.807) is 0 Å². The molecule has 35 heavy (non-hydrogen) atoms. The Bertz CT molecular complexity index is 368. The predicted octanol–water partition coefficient (Wildman–Crippen LogP) is 13.4. The Morgan fingerprint density at radius 3 is 0.629 bits per heavy atom. The molecule has 0 aliphatic carbocycles. The fraction of sp³-hybridized carbons (Fsp3) is 1.00. The van der Waals surface area contributed by atoms with Crippen LogP contribution in [-0.2, 0) is 0 Å². The van der Waals surface area contributed by atoms with Gasteiger partial charge >= 0.3 is 0 Å². The fourth-order valence-electron chi connectivity index (χ4n) is 5.17. The molecule has 0 aromatic rings. The van der Waals surface area contributed by atoms with Crippen LogP contribution in [0.3, 0.4) is 0 Å². The van der Waals surface area contributed by atoms with Gasteiger partial charge in [0.15, 0.2) is 0 Å². The van der Waals surface area contributed by atoms with Crippen LogP contribution in [0.15, 0.2) is 0 Å². The van der Waals surface area contributed by atoms with Crippen LogP contribution in [0.2, 0.25) is 6.04 Å². The summed E-state index contributed by atoms with van der Waals surface area (Å²) in [5.74, 6) is 0. The summed E-state index contributed by atoms with van der Waals surface area (Å²) in [5.41, 5.74) is 0. The highest BCUT2D eigenvalue weighted by Crippen LogP contribution is 2.17. The number of rotatable bonds is 31. The van der Waals surface area contributed by atoms with Gasteiger partial charge in [-0.25, -0.2) is 0 Å². The van der Waals surface area contributed by atoms with Gasteiger partial charge in [0.2, 0.25) is 7.42 Å². The zero-order valence-corrected chi connectivity index (χ0v) is 27.9. The van der Waals surface area contributed by atoms with Crippen LogP contribution in [0.1, 0.15) is 186 Å². The van der Waals surface area contributed by atoms with E-state index in [9.17, 15) is 0 Å². The second kappa shape index (κ2) is 33.3. The minimum absolute atomic E-state index is 1.10. The van der Waals surface area contributed by atoms with Crippen LogP contribution in [0.4, 0.5) is 0 Å². The van der Waals surface area contributed by atoms with Crippen molar-refractivity contribution in [3.05, 3.63) is 0 Å². The van der Waals surface area contributed by atoms with Gasteiger partial charge in [-0.15, -0.1) is 0 Å². The molecule has 0 atom stereocenters. The Kier molecular flexibility index (Phi) is 34.5. The van der Waals surface area contributed by atoms with Crippen LogP contribution in [0.5, 0.6) is 0 Å². The third-order valence-corrected chi connectivity index (χ3v) is 10.3. The Hall–Kier alpha value is 1.28. The SMILES string of the molecule is Cl[SiH](Cl)CCCCCCCCCCCCCCCCCCCCCCCCCCCCCCCBr. The number of unbranched alkanes of at least 4 members (excludes halogenated alkanes) is 28. The average molecular weight is 615 g/mol. The molecule has 0 rings (SSSR count). The highest BCUT2D eigenvalue weighted by atomic mass is 79.9. The Labute approximate surface area is 242 Å². The van der Waals surface area contributed by atoms with E-state index in [1.165, 1.54) is 192 Å². The molecule has 4 heteroatoms. The normalized spacial score (nSPS) is 11.7. The van der Waals surface area contributed by atoms with Crippen LogP contribution in [0, 0.1) is 0 Å². The second-order valence-electron chi connectivity index (χ2n) is 11.1. The van der Waals surface area contributed by atoms with Gasteiger partial charge < -0.3 is 0 Å². The molecule has 0 radical (unpaired) electrons. The van der Waals surface area contributed by atoms with Crippen molar-refractivity contribution in [2.75, 3.05) is 5.33 Å². The lowest BCUT2D eigenvalue weighted by Crippen LogP contribution is -1.91. The monoisotopic (exact) mass is 612 g/mol. The number of hydrogen-bond acceptors (Lipinski definition) is 0. The van der Waals surface area contributed by atoms with Crippen LogP contribution >= 0.6 is 38.1 Å². The smallest absolute Gasteiger partial charge is 0.150 e.